The molecule has 0 fully saturated rings. The summed E-state index contributed by atoms with van der Waals surface area (Å²) in [7, 11) is 0. The van der Waals surface area contributed by atoms with Crippen LogP contribution in [0.5, 0.6) is 0 Å². The molecule has 0 aliphatic carbocycles. The summed E-state index contributed by atoms with van der Waals surface area (Å²) >= 11 is 0. The molecule has 1 amide bonds. The van der Waals surface area contributed by atoms with Crippen LogP contribution in [0.2, 0.25) is 0 Å². The van der Waals surface area contributed by atoms with Crippen LogP contribution in [0.25, 0.3) is 0 Å². The molecule has 1 aromatic rings. The molecule has 0 spiro atoms. The van der Waals surface area contributed by atoms with Gasteiger partial charge in [0.15, 0.2) is 5.69 Å². The van der Waals surface area contributed by atoms with E-state index in [2.05, 4.69) is 11.6 Å². The highest BCUT2D eigenvalue weighted by atomic mass is 16.4. The van der Waals surface area contributed by atoms with Gasteiger partial charge >= 0.3 is 5.97 Å². The summed E-state index contributed by atoms with van der Waals surface area (Å²) in [6.07, 6.45) is 2.87. The molecule has 17 heavy (non-hydrogen) atoms. The number of carbonyl (C=O) groups is 2. The van der Waals surface area contributed by atoms with Gasteiger partial charge in [0.25, 0.3) is 5.91 Å². The van der Waals surface area contributed by atoms with Gasteiger partial charge in [0.05, 0.1) is 5.69 Å². The second-order valence-corrected chi connectivity index (χ2v) is 3.31. The fourth-order valence-corrected chi connectivity index (χ4v) is 1.28. The van der Waals surface area contributed by atoms with Crippen molar-refractivity contribution in [3.8, 4) is 0 Å². The summed E-state index contributed by atoms with van der Waals surface area (Å²) in [5.74, 6) is -1.62. The Morgan fingerprint density at radius 3 is 2.82 bits per heavy atom. The molecule has 0 aliphatic heterocycles. The van der Waals surface area contributed by atoms with E-state index in [0.717, 1.165) is 4.90 Å². The van der Waals surface area contributed by atoms with Gasteiger partial charge in [0.1, 0.15) is 6.54 Å². The molecule has 1 aromatic heterocycles. The molecule has 1 rings (SSSR count). The lowest BCUT2D eigenvalue weighted by Crippen LogP contribution is -2.36. The maximum absolute atomic E-state index is 12.0. The van der Waals surface area contributed by atoms with Gasteiger partial charge in [-0.15, -0.1) is 6.58 Å². The summed E-state index contributed by atoms with van der Waals surface area (Å²) in [5.41, 5.74) is 5.87. The van der Waals surface area contributed by atoms with E-state index < -0.39 is 18.4 Å². The first-order valence-corrected chi connectivity index (χ1v) is 4.88. The molecule has 0 aromatic carbocycles. The van der Waals surface area contributed by atoms with Crippen molar-refractivity contribution in [1.29, 1.82) is 0 Å². The van der Waals surface area contributed by atoms with Crippen LogP contribution in [-0.4, -0.2) is 40.0 Å². The maximum Gasteiger partial charge on any atom is 0.323 e. The number of hydrogen-bond donors (Lipinski definition) is 2. The monoisotopic (exact) mass is 235 g/mol. The predicted molar refractivity (Wildman–Crippen MR) is 62.4 cm³/mol. The Balaban J connectivity index is 2.95. The van der Waals surface area contributed by atoms with Crippen molar-refractivity contribution in [1.82, 2.24) is 9.88 Å². The van der Waals surface area contributed by atoms with Crippen molar-refractivity contribution >= 4 is 17.6 Å². The number of nitrogens with zero attached hydrogens (tertiary/aromatic N) is 2. The molecule has 0 bridgehead atoms. The number of rotatable bonds is 5. The molecular formula is C11H13N3O3. The summed E-state index contributed by atoms with van der Waals surface area (Å²) in [6.45, 7) is 3.18. The lowest BCUT2D eigenvalue weighted by molar-refractivity contribution is -0.137. The van der Waals surface area contributed by atoms with Gasteiger partial charge < -0.3 is 15.7 Å². The fraction of sp³-hybridized carbons (Fsp3) is 0.182. The first-order valence-electron chi connectivity index (χ1n) is 4.88. The molecule has 6 heteroatoms. The van der Waals surface area contributed by atoms with Crippen molar-refractivity contribution in [2.45, 2.75) is 0 Å². The summed E-state index contributed by atoms with van der Waals surface area (Å²) in [5, 5.41) is 8.70. The molecule has 0 aliphatic rings. The molecule has 0 unspecified atom stereocenters. The van der Waals surface area contributed by atoms with E-state index >= 15 is 0 Å². The number of carboxylic acid groups (broad SMARTS) is 1. The minimum Gasteiger partial charge on any atom is -0.480 e. The Bertz CT molecular complexity index is 445. The van der Waals surface area contributed by atoms with E-state index in [9.17, 15) is 9.59 Å². The zero-order valence-electron chi connectivity index (χ0n) is 9.17. The average molecular weight is 235 g/mol. The molecular weight excluding hydrogens is 222 g/mol. The van der Waals surface area contributed by atoms with Crippen LogP contribution >= 0.6 is 0 Å². The highest BCUT2D eigenvalue weighted by Crippen LogP contribution is 2.10. The Labute approximate surface area is 98.4 Å². The highest BCUT2D eigenvalue weighted by Gasteiger charge is 2.20. The number of aliphatic carboxylic acids is 1. The van der Waals surface area contributed by atoms with E-state index in [1.165, 1.54) is 18.3 Å². The van der Waals surface area contributed by atoms with Crippen LogP contribution in [0.4, 0.5) is 5.69 Å². The van der Waals surface area contributed by atoms with Crippen molar-refractivity contribution in [3.05, 3.63) is 36.7 Å². The van der Waals surface area contributed by atoms with Crippen molar-refractivity contribution in [2.24, 2.45) is 0 Å². The normalized spacial score (nSPS) is 9.65. The van der Waals surface area contributed by atoms with Gasteiger partial charge in [-0.25, -0.2) is 4.98 Å². The van der Waals surface area contributed by atoms with E-state index in [4.69, 9.17) is 10.8 Å². The third-order valence-electron chi connectivity index (χ3n) is 2.00. The average Bonchev–Trinajstić information content (AvgIpc) is 2.28. The summed E-state index contributed by atoms with van der Waals surface area (Å²) < 4.78 is 0. The standard InChI is InChI=1S/C11H13N3O3/c1-2-6-14(7-9(15)16)11(17)10-8(12)4-3-5-13-10/h2-5H,1,6-7,12H2,(H,15,16). The van der Waals surface area contributed by atoms with E-state index in [0.29, 0.717) is 0 Å². The quantitative estimate of drug-likeness (QED) is 0.719. The third-order valence-corrected chi connectivity index (χ3v) is 2.00. The number of pyridine rings is 1. The van der Waals surface area contributed by atoms with E-state index in [1.807, 2.05) is 0 Å². The number of carbonyl (C=O) groups excluding carboxylic acids is 1. The Morgan fingerprint density at radius 2 is 2.29 bits per heavy atom. The Morgan fingerprint density at radius 1 is 1.59 bits per heavy atom. The molecule has 0 saturated carbocycles. The van der Waals surface area contributed by atoms with Gasteiger partial charge in [0.2, 0.25) is 0 Å². The van der Waals surface area contributed by atoms with Gasteiger partial charge in [0, 0.05) is 12.7 Å². The highest BCUT2D eigenvalue weighted by molar-refractivity contribution is 5.98. The van der Waals surface area contributed by atoms with Crippen molar-refractivity contribution < 1.29 is 14.7 Å². The van der Waals surface area contributed by atoms with Gasteiger partial charge in [-0.05, 0) is 12.1 Å². The Hall–Kier alpha value is -2.37. The van der Waals surface area contributed by atoms with Crippen LogP contribution in [0.15, 0.2) is 31.0 Å². The first-order chi connectivity index (χ1) is 8.06. The Kier molecular flexibility index (Phi) is 4.21. The van der Waals surface area contributed by atoms with Crippen LogP contribution in [0.1, 0.15) is 10.5 Å². The SMILES string of the molecule is C=CCN(CC(=O)O)C(=O)c1ncccc1N. The third kappa shape index (κ3) is 3.30. The molecule has 6 nitrogen and oxygen atoms in total. The van der Waals surface area contributed by atoms with Gasteiger partial charge in [-0.3, -0.25) is 9.59 Å². The second-order valence-electron chi connectivity index (χ2n) is 3.31. The fourth-order valence-electron chi connectivity index (χ4n) is 1.28. The molecule has 3 N–H and O–H groups in total. The van der Waals surface area contributed by atoms with E-state index in [-0.39, 0.29) is 17.9 Å². The summed E-state index contributed by atoms with van der Waals surface area (Å²) in [4.78, 5) is 27.5. The van der Waals surface area contributed by atoms with Gasteiger partial charge in [-0.2, -0.15) is 0 Å². The zero-order chi connectivity index (χ0) is 12.8. The minimum absolute atomic E-state index is 0.0515. The number of anilines is 1. The molecule has 0 atom stereocenters. The minimum atomic E-state index is -1.10. The largest absolute Gasteiger partial charge is 0.480 e. The topological polar surface area (TPSA) is 96.5 Å². The number of carboxylic acids is 1. The second kappa shape index (κ2) is 5.64. The number of amides is 1. The van der Waals surface area contributed by atoms with Crippen molar-refractivity contribution in [3.63, 3.8) is 0 Å². The van der Waals surface area contributed by atoms with Crippen LogP contribution in [0.3, 0.4) is 0 Å². The molecule has 1 heterocycles. The van der Waals surface area contributed by atoms with Crippen LogP contribution < -0.4 is 5.73 Å². The zero-order valence-corrected chi connectivity index (χ0v) is 9.17. The molecule has 0 radical (unpaired) electrons. The van der Waals surface area contributed by atoms with Crippen LogP contribution in [-0.2, 0) is 4.79 Å². The number of nitrogens with two attached hydrogens (primary N) is 1. The maximum atomic E-state index is 12.0. The number of aromatic nitrogens is 1. The number of nitrogen functional groups attached to an aromatic ring is 1. The van der Waals surface area contributed by atoms with Crippen molar-refractivity contribution in [2.75, 3.05) is 18.8 Å². The predicted octanol–water partition coefficient (Wildman–Crippen LogP) is 0.377. The first kappa shape index (κ1) is 12.7. The van der Waals surface area contributed by atoms with E-state index in [1.54, 1.807) is 6.07 Å². The molecule has 90 valence electrons. The number of hydrogen-bond acceptors (Lipinski definition) is 4. The summed E-state index contributed by atoms with van der Waals surface area (Å²) in [6, 6.07) is 3.13. The molecule has 0 saturated heterocycles. The smallest absolute Gasteiger partial charge is 0.323 e. The van der Waals surface area contributed by atoms with Gasteiger partial charge in [-0.1, -0.05) is 6.08 Å². The van der Waals surface area contributed by atoms with Crippen LogP contribution in [0, 0.1) is 0 Å². The lowest BCUT2D eigenvalue weighted by atomic mass is 10.2. The lowest BCUT2D eigenvalue weighted by Gasteiger charge is -2.18.